The molecule has 6 nitrogen and oxygen atoms in total. The number of amides is 1. The summed E-state index contributed by atoms with van der Waals surface area (Å²) in [4.78, 5) is 15.0. The number of aliphatic hydroxyl groups excluding tert-OH is 1. The van der Waals surface area contributed by atoms with Gasteiger partial charge in [0.15, 0.2) is 0 Å². The lowest BCUT2D eigenvalue weighted by Gasteiger charge is -2.39. The van der Waals surface area contributed by atoms with Gasteiger partial charge in [-0.15, -0.1) is 0 Å². The van der Waals surface area contributed by atoms with Gasteiger partial charge < -0.3 is 14.7 Å². The van der Waals surface area contributed by atoms with Crippen LogP contribution in [-0.4, -0.2) is 58.0 Å². The summed E-state index contributed by atoms with van der Waals surface area (Å²) >= 11 is 0. The summed E-state index contributed by atoms with van der Waals surface area (Å²) in [6.07, 6.45) is 8.71. The lowest BCUT2D eigenvalue weighted by atomic mass is 9.87. The number of carbonyl (C=O) groups is 1. The quantitative estimate of drug-likeness (QED) is 0.880. The van der Waals surface area contributed by atoms with Crippen molar-refractivity contribution >= 4 is 5.91 Å². The van der Waals surface area contributed by atoms with Crippen molar-refractivity contribution in [2.45, 2.75) is 69.4 Å². The Hall–Kier alpha value is -1.40. The normalized spacial score (nSPS) is 31.4. The van der Waals surface area contributed by atoms with E-state index in [1.165, 1.54) is 32.1 Å². The van der Waals surface area contributed by atoms with Crippen molar-refractivity contribution in [1.29, 1.82) is 0 Å². The van der Waals surface area contributed by atoms with Gasteiger partial charge >= 0.3 is 0 Å². The van der Waals surface area contributed by atoms with E-state index in [0.717, 1.165) is 25.0 Å². The standard InChI is InChI=1S/C19H29N3O3/c23-18-8-4-7-14(18)17-12-25-10-9-22(17)19(24)16-11-15(20-21-16)13-5-2-1-3-6-13/h11,13-14,17-18,23H,1-10,12H2,(H,20,21)/t14-,17-,18-/m1/s1. The first-order valence-electron chi connectivity index (χ1n) is 9.86. The lowest BCUT2D eigenvalue weighted by Crippen LogP contribution is -2.53. The van der Waals surface area contributed by atoms with E-state index in [9.17, 15) is 9.90 Å². The SMILES string of the molecule is O=C(c1cc(C2CCCCC2)[nH]n1)N1CCOC[C@@H]1[C@H]1CCC[C@H]1O. The molecule has 0 bridgehead atoms. The molecule has 0 aromatic carbocycles. The molecule has 2 aliphatic carbocycles. The number of nitrogens with one attached hydrogen (secondary N) is 1. The third-order valence-electron chi connectivity index (χ3n) is 6.31. The summed E-state index contributed by atoms with van der Waals surface area (Å²) in [7, 11) is 0. The van der Waals surface area contributed by atoms with Crippen molar-refractivity contribution in [3.63, 3.8) is 0 Å². The number of hydrogen-bond acceptors (Lipinski definition) is 4. The van der Waals surface area contributed by atoms with Crippen LogP contribution in [0, 0.1) is 5.92 Å². The molecule has 4 rings (SSSR count). The predicted octanol–water partition coefficient (Wildman–Crippen LogP) is 2.46. The molecular formula is C19H29N3O3. The molecule has 3 atom stereocenters. The van der Waals surface area contributed by atoms with Gasteiger partial charge in [-0.2, -0.15) is 5.10 Å². The number of carbonyl (C=O) groups excluding carboxylic acids is 1. The summed E-state index contributed by atoms with van der Waals surface area (Å²) < 4.78 is 5.63. The van der Waals surface area contributed by atoms with E-state index in [4.69, 9.17) is 4.74 Å². The lowest BCUT2D eigenvalue weighted by molar-refractivity contribution is -0.0385. The zero-order valence-corrected chi connectivity index (χ0v) is 14.8. The van der Waals surface area contributed by atoms with Crippen molar-refractivity contribution in [2.24, 2.45) is 5.92 Å². The third kappa shape index (κ3) is 3.47. The molecule has 6 heteroatoms. The topological polar surface area (TPSA) is 78.5 Å². The average Bonchev–Trinajstić information content (AvgIpc) is 3.31. The molecule has 0 radical (unpaired) electrons. The number of morpholine rings is 1. The van der Waals surface area contributed by atoms with Crippen LogP contribution in [-0.2, 0) is 4.74 Å². The molecule has 138 valence electrons. The highest BCUT2D eigenvalue weighted by Crippen LogP contribution is 2.34. The molecule has 1 amide bonds. The number of H-pyrrole nitrogens is 1. The van der Waals surface area contributed by atoms with Crippen LogP contribution in [0.25, 0.3) is 0 Å². The van der Waals surface area contributed by atoms with Crippen LogP contribution in [0.5, 0.6) is 0 Å². The molecule has 1 aliphatic heterocycles. The number of hydrogen-bond donors (Lipinski definition) is 2. The molecule has 2 heterocycles. The minimum Gasteiger partial charge on any atom is -0.393 e. The highest BCUT2D eigenvalue weighted by molar-refractivity contribution is 5.92. The Bertz CT molecular complexity index is 596. The van der Waals surface area contributed by atoms with Gasteiger partial charge in [0.1, 0.15) is 5.69 Å². The Morgan fingerprint density at radius 1 is 1.20 bits per heavy atom. The van der Waals surface area contributed by atoms with Crippen LogP contribution in [0.4, 0.5) is 0 Å². The highest BCUT2D eigenvalue weighted by Gasteiger charge is 2.40. The fourth-order valence-corrected chi connectivity index (χ4v) is 4.86. The fourth-order valence-electron chi connectivity index (χ4n) is 4.86. The van der Waals surface area contributed by atoms with Crippen LogP contribution in [0.2, 0.25) is 0 Å². The van der Waals surface area contributed by atoms with Gasteiger partial charge in [0, 0.05) is 24.1 Å². The van der Waals surface area contributed by atoms with E-state index in [-0.39, 0.29) is 24.0 Å². The fraction of sp³-hybridized carbons (Fsp3) is 0.789. The van der Waals surface area contributed by atoms with Gasteiger partial charge in [0.2, 0.25) is 0 Å². The molecule has 0 unspecified atom stereocenters. The Balaban J connectivity index is 1.49. The molecule has 3 fully saturated rings. The second kappa shape index (κ2) is 7.46. The number of ether oxygens (including phenoxy) is 1. The molecule has 2 saturated carbocycles. The molecule has 1 aromatic rings. The van der Waals surface area contributed by atoms with Crippen molar-refractivity contribution < 1.29 is 14.6 Å². The zero-order chi connectivity index (χ0) is 17.2. The van der Waals surface area contributed by atoms with E-state index in [0.29, 0.717) is 31.4 Å². The molecule has 1 aromatic heterocycles. The zero-order valence-electron chi connectivity index (χ0n) is 14.8. The monoisotopic (exact) mass is 347 g/mol. The Kier molecular flexibility index (Phi) is 5.08. The number of aliphatic hydroxyl groups is 1. The van der Waals surface area contributed by atoms with Crippen molar-refractivity contribution in [3.8, 4) is 0 Å². The van der Waals surface area contributed by atoms with Crippen molar-refractivity contribution in [1.82, 2.24) is 15.1 Å². The number of aromatic nitrogens is 2. The largest absolute Gasteiger partial charge is 0.393 e. The van der Waals surface area contributed by atoms with Gasteiger partial charge in [-0.3, -0.25) is 9.89 Å². The van der Waals surface area contributed by atoms with E-state index in [2.05, 4.69) is 10.2 Å². The van der Waals surface area contributed by atoms with Crippen LogP contribution in [0.15, 0.2) is 6.07 Å². The van der Waals surface area contributed by atoms with Gasteiger partial charge in [0.25, 0.3) is 5.91 Å². The summed E-state index contributed by atoms with van der Waals surface area (Å²) in [6.45, 7) is 1.66. The maximum Gasteiger partial charge on any atom is 0.274 e. The van der Waals surface area contributed by atoms with Gasteiger partial charge in [-0.1, -0.05) is 25.7 Å². The van der Waals surface area contributed by atoms with Crippen LogP contribution < -0.4 is 0 Å². The Morgan fingerprint density at radius 3 is 2.80 bits per heavy atom. The Morgan fingerprint density at radius 2 is 2.04 bits per heavy atom. The molecule has 2 N–H and O–H groups in total. The van der Waals surface area contributed by atoms with Crippen LogP contribution in [0.3, 0.4) is 0 Å². The predicted molar refractivity (Wildman–Crippen MR) is 93.4 cm³/mol. The second-order valence-corrected chi connectivity index (χ2v) is 7.85. The van der Waals surface area contributed by atoms with Gasteiger partial charge in [-0.25, -0.2) is 0 Å². The van der Waals surface area contributed by atoms with Crippen molar-refractivity contribution in [2.75, 3.05) is 19.8 Å². The minimum atomic E-state index is -0.320. The van der Waals surface area contributed by atoms with E-state index in [1.807, 2.05) is 11.0 Å². The molecular weight excluding hydrogens is 318 g/mol. The van der Waals surface area contributed by atoms with E-state index >= 15 is 0 Å². The molecule has 3 aliphatic rings. The molecule has 0 spiro atoms. The van der Waals surface area contributed by atoms with E-state index < -0.39 is 0 Å². The van der Waals surface area contributed by atoms with E-state index in [1.54, 1.807) is 0 Å². The van der Waals surface area contributed by atoms with Crippen molar-refractivity contribution in [3.05, 3.63) is 17.5 Å². The van der Waals surface area contributed by atoms with Crippen LogP contribution >= 0.6 is 0 Å². The first kappa shape index (κ1) is 17.0. The molecule has 1 saturated heterocycles. The molecule has 25 heavy (non-hydrogen) atoms. The second-order valence-electron chi connectivity index (χ2n) is 7.85. The first-order chi connectivity index (χ1) is 12.2. The third-order valence-corrected chi connectivity index (χ3v) is 6.31. The van der Waals surface area contributed by atoms with Gasteiger partial charge in [0.05, 0.1) is 25.4 Å². The minimum absolute atomic E-state index is 0.0225. The first-order valence-corrected chi connectivity index (χ1v) is 9.86. The number of nitrogens with zero attached hydrogens (tertiary/aromatic N) is 2. The number of rotatable bonds is 3. The maximum absolute atomic E-state index is 13.1. The summed E-state index contributed by atoms with van der Waals surface area (Å²) in [5, 5.41) is 17.7. The van der Waals surface area contributed by atoms with Crippen LogP contribution in [0.1, 0.15) is 73.5 Å². The smallest absolute Gasteiger partial charge is 0.274 e. The highest BCUT2D eigenvalue weighted by atomic mass is 16.5. The summed E-state index contributed by atoms with van der Waals surface area (Å²) in [6, 6.07) is 1.92. The summed E-state index contributed by atoms with van der Waals surface area (Å²) in [5.41, 5.74) is 1.62. The average molecular weight is 347 g/mol. The maximum atomic E-state index is 13.1. The Labute approximate surface area is 148 Å². The summed E-state index contributed by atoms with van der Waals surface area (Å²) in [5.74, 6) is 0.617. The van der Waals surface area contributed by atoms with Gasteiger partial charge in [-0.05, 0) is 31.7 Å². The number of aromatic amines is 1.